The fourth-order valence-electron chi connectivity index (χ4n) is 3.91. The number of nitrogens with zero attached hydrogens (tertiary/aromatic N) is 4. The third-order valence-corrected chi connectivity index (χ3v) is 8.43. The first-order valence-corrected chi connectivity index (χ1v) is 12.9. The smallest absolute Gasteiger partial charge is 0.277 e. The van der Waals surface area contributed by atoms with E-state index in [1.54, 1.807) is 18.2 Å². The minimum atomic E-state index is -3.50. The predicted molar refractivity (Wildman–Crippen MR) is 116 cm³/mol. The van der Waals surface area contributed by atoms with Gasteiger partial charge in [-0.3, -0.25) is 0 Å². The van der Waals surface area contributed by atoms with Gasteiger partial charge in [-0.15, -0.1) is 10.2 Å². The van der Waals surface area contributed by atoms with Gasteiger partial charge in [0.05, 0.1) is 21.7 Å². The Hall–Kier alpha value is -1.91. The molecule has 1 aromatic carbocycles. The van der Waals surface area contributed by atoms with Crippen LogP contribution < -0.4 is 0 Å². The second kappa shape index (κ2) is 9.07. The van der Waals surface area contributed by atoms with Crippen molar-refractivity contribution in [2.24, 2.45) is 0 Å². The molecule has 1 saturated carbocycles. The third-order valence-electron chi connectivity index (χ3n) is 5.55. The van der Waals surface area contributed by atoms with E-state index in [0.29, 0.717) is 35.5 Å². The molecule has 2 heterocycles. The van der Waals surface area contributed by atoms with Crippen LogP contribution in [0.3, 0.4) is 0 Å². The summed E-state index contributed by atoms with van der Waals surface area (Å²) in [7, 11) is -3.50. The van der Waals surface area contributed by atoms with Crippen molar-refractivity contribution in [2.45, 2.75) is 67.7 Å². The maximum absolute atomic E-state index is 12.7. The monoisotopic (exact) mass is 449 g/mol. The van der Waals surface area contributed by atoms with Gasteiger partial charge in [-0.25, -0.2) is 13.4 Å². The highest BCUT2D eigenvalue weighted by atomic mass is 32.2. The van der Waals surface area contributed by atoms with Crippen molar-refractivity contribution in [2.75, 3.05) is 13.1 Å². The molecule has 30 heavy (non-hydrogen) atoms. The molecule has 8 nitrogen and oxygen atoms in total. The van der Waals surface area contributed by atoms with Crippen LogP contribution in [-0.2, 0) is 15.8 Å². The second-order valence-corrected chi connectivity index (χ2v) is 10.3. The van der Waals surface area contributed by atoms with Crippen LogP contribution in [-0.4, -0.2) is 46.0 Å². The van der Waals surface area contributed by atoms with Crippen LogP contribution in [0.5, 0.6) is 0 Å². The summed E-state index contributed by atoms with van der Waals surface area (Å²) in [5.74, 6) is 2.41. The van der Waals surface area contributed by atoms with Gasteiger partial charge in [0.2, 0.25) is 15.9 Å². The largest absolute Gasteiger partial charge is 0.416 e. The zero-order chi connectivity index (χ0) is 21.1. The maximum atomic E-state index is 12.7. The quantitative estimate of drug-likeness (QED) is 0.511. The third kappa shape index (κ3) is 4.40. The molecule has 1 fully saturated rings. The number of nitrogens with one attached hydrogen (secondary N) is 1. The van der Waals surface area contributed by atoms with Crippen molar-refractivity contribution < 1.29 is 12.8 Å². The van der Waals surface area contributed by atoms with Gasteiger partial charge < -0.3 is 9.40 Å². The molecule has 10 heteroatoms. The molecule has 0 spiro atoms. The lowest BCUT2D eigenvalue weighted by atomic mass is 9.89. The van der Waals surface area contributed by atoms with Crippen molar-refractivity contribution in [1.82, 2.24) is 24.5 Å². The summed E-state index contributed by atoms with van der Waals surface area (Å²) in [6, 6.07) is 5.00. The highest BCUT2D eigenvalue weighted by molar-refractivity contribution is 7.98. The highest BCUT2D eigenvalue weighted by Gasteiger charge is 2.23. The van der Waals surface area contributed by atoms with Gasteiger partial charge in [0.25, 0.3) is 5.22 Å². The molecule has 0 radical (unpaired) electrons. The number of aromatic amines is 1. The van der Waals surface area contributed by atoms with E-state index in [4.69, 9.17) is 4.42 Å². The predicted octanol–water partition coefficient (Wildman–Crippen LogP) is 4.32. The van der Waals surface area contributed by atoms with Gasteiger partial charge in [0.1, 0.15) is 5.82 Å². The number of thioether (sulfide) groups is 1. The van der Waals surface area contributed by atoms with Crippen LogP contribution in [0.15, 0.2) is 32.7 Å². The van der Waals surface area contributed by atoms with Crippen LogP contribution in [0.25, 0.3) is 11.0 Å². The Morgan fingerprint density at radius 2 is 1.93 bits per heavy atom. The van der Waals surface area contributed by atoms with Gasteiger partial charge in [-0.1, -0.05) is 44.9 Å². The molecule has 0 saturated heterocycles. The zero-order valence-electron chi connectivity index (χ0n) is 17.3. The first-order valence-electron chi connectivity index (χ1n) is 10.5. The Morgan fingerprint density at radius 3 is 2.67 bits per heavy atom. The van der Waals surface area contributed by atoms with E-state index in [1.165, 1.54) is 35.3 Å². The lowest BCUT2D eigenvalue weighted by Crippen LogP contribution is -2.30. The molecule has 1 N–H and O–H groups in total. The standard InChI is InChI=1S/C20H27N5O3S2/c1-3-25(4-2)30(26,27)15-10-11-16-17(12-15)22-18(21-16)13-29-20-24-23-19(28-20)14-8-6-5-7-9-14/h10-12,14H,3-9,13H2,1-2H3,(H,21,22). The Morgan fingerprint density at radius 1 is 1.17 bits per heavy atom. The number of imidazole rings is 1. The van der Waals surface area contributed by atoms with Crippen molar-refractivity contribution in [3.8, 4) is 0 Å². The van der Waals surface area contributed by atoms with E-state index >= 15 is 0 Å². The molecule has 0 unspecified atom stereocenters. The Balaban J connectivity index is 1.46. The Labute approximate surface area is 180 Å². The van der Waals surface area contributed by atoms with Crippen LogP contribution >= 0.6 is 11.8 Å². The molecule has 1 aliphatic rings. The Bertz CT molecular complexity index is 1100. The molecule has 2 aromatic heterocycles. The van der Waals surface area contributed by atoms with Gasteiger partial charge in [-0.05, 0) is 31.0 Å². The summed E-state index contributed by atoms with van der Waals surface area (Å²) in [5, 5.41) is 8.93. The summed E-state index contributed by atoms with van der Waals surface area (Å²) in [6.45, 7) is 4.55. The normalized spacial score (nSPS) is 16.0. The van der Waals surface area contributed by atoms with Gasteiger partial charge in [-0.2, -0.15) is 4.31 Å². The first kappa shape index (κ1) is 21.3. The fraction of sp³-hybridized carbons (Fsp3) is 0.550. The molecular weight excluding hydrogens is 422 g/mol. The number of fused-ring (bicyclic) bond motifs is 1. The summed E-state index contributed by atoms with van der Waals surface area (Å²) >= 11 is 1.43. The summed E-state index contributed by atoms with van der Waals surface area (Å²) in [5.41, 5.74) is 1.43. The molecular formula is C20H27N5O3S2. The number of aromatic nitrogens is 4. The molecule has 0 bridgehead atoms. The van der Waals surface area contributed by atoms with Crippen molar-refractivity contribution in [3.63, 3.8) is 0 Å². The summed E-state index contributed by atoms with van der Waals surface area (Å²) in [4.78, 5) is 8.05. The summed E-state index contributed by atoms with van der Waals surface area (Å²) < 4.78 is 32.8. The van der Waals surface area contributed by atoms with Gasteiger partial charge in [0, 0.05) is 19.0 Å². The molecule has 0 amide bonds. The van der Waals surface area contributed by atoms with Gasteiger partial charge in [0.15, 0.2) is 0 Å². The number of benzene rings is 1. The lowest BCUT2D eigenvalue weighted by Gasteiger charge is -2.18. The van der Waals surface area contributed by atoms with Crippen molar-refractivity contribution in [1.29, 1.82) is 0 Å². The van der Waals surface area contributed by atoms with Crippen molar-refractivity contribution in [3.05, 3.63) is 29.9 Å². The molecule has 162 valence electrons. The lowest BCUT2D eigenvalue weighted by molar-refractivity contribution is 0.334. The minimum absolute atomic E-state index is 0.274. The van der Waals surface area contributed by atoms with Crippen LogP contribution in [0.4, 0.5) is 0 Å². The highest BCUT2D eigenvalue weighted by Crippen LogP contribution is 2.33. The van der Waals surface area contributed by atoms with Crippen LogP contribution in [0.2, 0.25) is 0 Å². The average molecular weight is 450 g/mol. The molecule has 0 atom stereocenters. The number of H-pyrrole nitrogens is 1. The minimum Gasteiger partial charge on any atom is -0.416 e. The maximum Gasteiger partial charge on any atom is 0.277 e. The topological polar surface area (TPSA) is 105 Å². The molecule has 0 aliphatic heterocycles. The number of rotatable bonds is 8. The number of hydrogen-bond donors (Lipinski definition) is 1. The van der Waals surface area contributed by atoms with E-state index in [1.807, 2.05) is 13.8 Å². The SMILES string of the molecule is CCN(CC)S(=O)(=O)c1ccc2nc(CSc3nnc(C4CCCCC4)o3)[nH]c2c1. The molecule has 1 aliphatic carbocycles. The molecule has 3 aromatic rings. The second-order valence-electron chi connectivity index (χ2n) is 7.48. The Kier molecular flexibility index (Phi) is 6.45. The average Bonchev–Trinajstić information content (AvgIpc) is 3.39. The summed E-state index contributed by atoms with van der Waals surface area (Å²) in [6.07, 6.45) is 5.97. The number of sulfonamides is 1. The van der Waals surface area contributed by atoms with E-state index in [9.17, 15) is 8.42 Å². The van der Waals surface area contributed by atoms with Gasteiger partial charge >= 0.3 is 0 Å². The first-order chi connectivity index (χ1) is 14.5. The van der Waals surface area contributed by atoms with E-state index in [2.05, 4.69) is 20.2 Å². The zero-order valence-corrected chi connectivity index (χ0v) is 18.9. The van der Waals surface area contributed by atoms with E-state index < -0.39 is 10.0 Å². The molecule has 4 rings (SSSR count). The van der Waals surface area contributed by atoms with E-state index in [0.717, 1.165) is 30.1 Å². The van der Waals surface area contributed by atoms with Crippen LogP contribution in [0, 0.1) is 0 Å². The number of hydrogen-bond acceptors (Lipinski definition) is 7. The van der Waals surface area contributed by atoms with Crippen LogP contribution in [0.1, 0.15) is 63.6 Å². The fourth-order valence-corrected chi connectivity index (χ4v) is 6.03. The van der Waals surface area contributed by atoms with E-state index in [-0.39, 0.29) is 4.90 Å². The van der Waals surface area contributed by atoms with Crippen molar-refractivity contribution >= 4 is 32.8 Å².